The first-order valence-corrected chi connectivity index (χ1v) is 5.81. The van der Waals surface area contributed by atoms with E-state index >= 15 is 0 Å². The van der Waals surface area contributed by atoms with E-state index in [0.717, 1.165) is 11.3 Å². The topological polar surface area (TPSA) is 29.9 Å². The number of hydrogen-bond acceptors (Lipinski definition) is 2. The summed E-state index contributed by atoms with van der Waals surface area (Å²) in [6.45, 7) is 2.46. The Hall–Kier alpha value is -1.81. The molecule has 0 amide bonds. The lowest BCUT2D eigenvalue weighted by molar-refractivity contribution is 0.236. The van der Waals surface area contributed by atoms with E-state index in [9.17, 15) is 0 Å². The highest BCUT2D eigenvalue weighted by Gasteiger charge is 2.04. The van der Waals surface area contributed by atoms with Gasteiger partial charge in [0.25, 0.3) is 0 Å². The maximum Gasteiger partial charge on any atom is 0.181 e. The lowest BCUT2D eigenvalue weighted by Crippen LogP contribution is -1.99. The second-order valence-electron chi connectivity index (χ2n) is 3.54. The maximum atomic E-state index is 5.41. The number of H-pyrrole nitrogens is 1. The quantitative estimate of drug-likeness (QED) is 0.660. The Morgan fingerprint density at radius 1 is 1.41 bits per heavy atom. The van der Waals surface area contributed by atoms with Crippen molar-refractivity contribution in [2.75, 3.05) is 0 Å². The van der Waals surface area contributed by atoms with E-state index in [4.69, 9.17) is 17.0 Å². The fourth-order valence-electron chi connectivity index (χ4n) is 1.61. The normalized spacial score (nSPS) is 10.9. The van der Waals surface area contributed by atoms with Crippen LogP contribution in [0.3, 0.4) is 0 Å². The van der Waals surface area contributed by atoms with Gasteiger partial charge in [0.2, 0.25) is 0 Å². The molecule has 0 aliphatic rings. The van der Waals surface area contributed by atoms with Crippen LogP contribution in [0.5, 0.6) is 0 Å². The Bertz CT molecular complexity index is 569. The van der Waals surface area contributed by atoms with E-state index in [1.54, 1.807) is 6.26 Å². The smallest absolute Gasteiger partial charge is 0.181 e. The highest BCUT2D eigenvalue weighted by atomic mass is 32.1. The number of aromatic amines is 1. The predicted octanol–water partition coefficient (Wildman–Crippen LogP) is 3.59. The van der Waals surface area contributed by atoms with Crippen molar-refractivity contribution in [3.8, 4) is 5.69 Å². The number of benzene rings is 1. The van der Waals surface area contributed by atoms with Crippen molar-refractivity contribution in [3.63, 3.8) is 0 Å². The summed E-state index contributed by atoms with van der Waals surface area (Å²) in [4.78, 5) is 2.98. The van der Waals surface area contributed by atoms with E-state index in [0.29, 0.717) is 11.4 Å². The van der Waals surface area contributed by atoms with Crippen LogP contribution in [0, 0.1) is 4.77 Å². The van der Waals surface area contributed by atoms with Crippen molar-refractivity contribution in [2.24, 2.45) is 0 Å². The summed E-state index contributed by atoms with van der Waals surface area (Å²) in [6.07, 6.45) is 7.29. The van der Waals surface area contributed by atoms with Gasteiger partial charge in [-0.15, -0.1) is 0 Å². The molecule has 1 aromatic carbocycles. The lowest BCUT2D eigenvalue weighted by Gasteiger charge is -2.09. The SMILES string of the molecule is C/C=C/OCc1ccccc1-n1cc[nH]c1=S. The van der Waals surface area contributed by atoms with Crippen LogP contribution < -0.4 is 0 Å². The summed E-state index contributed by atoms with van der Waals surface area (Å²) in [7, 11) is 0. The molecule has 0 unspecified atom stereocenters. The second kappa shape index (κ2) is 5.50. The van der Waals surface area contributed by atoms with Gasteiger partial charge in [0, 0.05) is 18.0 Å². The van der Waals surface area contributed by atoms with Crippen molar-refractivity contribution >= 4 is 12.2 Å². The van der Waals surface area contributed by atoms with Crippen molar-refractivity contribution in [1.82, 2.24) is 9.55 Å². The molecule has 2 rings (SSSR count). The molecule has 1 N–H and O–H groups in total. The minimum Gasteiger partial charge on any atom is -0.497 e. The van der Waals surface area contributed by atoms with Gasteiger partial charge in [-0.1, -0.05) is 24.3 Å². The number of nitrogens with zero attached hydrogens (tertiary/aromatic N) is 1. The van der Waals surface area contributed by atoms with Crippen molar-refractivity contribution in [1.29, 1.82) is 0 Å². The van der Waals surface area contributed by atoms with Gasteiger partial charge in [-0.25, -0.2) is 0 Å². The molecule has 17 heavy (non-hydrogen) atoms. The molecule has 0 aliphatic heterocycles. The molecular formula is C13H14N2OS. The number of nitrogens with one attached hydrogen (secondary N) is 1. The van der Waals surface area contributed by atoms with Gasteiger partial charge >= 0.3 is 0 Å². The Morgan fingerprint density at radius 2 is 2.24 bits per heavy atom. The minimum absolute atomic E-state index is 0.535. The zero-order chi connectivity index (χ0) is 12.1. The largest absolute Gasteiger partial charge is 0.497 e. The third-order valence-corrected chi connectivity index (χ3v) is 2.69. The van der Waals surface area contributed by atoms with Gasteiger partial charge in [-0.2, -0.15) is 0 Å². The molecule has 1 aromatic heterocycles. The van der Waals surface area contributed by atoms with Gasteiger partial charge in [0.05, 0.1) is 11.9 Å². The van der Waals surface area contributed by atoms with Gasteiger partial charge in [-0.05, 0) is 25.2 Å². The molecule has 2 aromatic rings. The van der Waals surface area contributed by atoms with Crippen LogP contribution in [0.15, 0.2) is 49.0 Å². The van der Waals surface area contributed by atoms with Crippen LogP contribution in [0.25, 0.3) is 5.69 Å². The highest BCUT2D eigenvalue weighted by molar-refractivity contribution is 7.71. The first-order valence-electron chi connectivity index (χ1n) is 5.40. The van der Waals surface area contributed by atoms with Crippen LogP contribution in [0.2, 0.25) is 0 Å². The maximum absolute atomic E-state index is 5.41. The molecule has 88 valence electrons. The zero-order valence-corrected chi connectivity index (χ0v) is 10.4. The number of hydrogen-bond donors (Lipinski definition) is 1. The van der Waals surface area contributed by atoms with Crippen molar-refractivity contribution < 1.29 is 4.74 Å². The van der Waals surface area contributed by atoms with E-state index in [2.05, 4.69) is 4.98 Å². The third-order valence-electron chi connectivity index (χ3n) is 2.37. The summed E-state index contributed by atoms with van der Waals surface area (Å²) in [5, 5.41) is 0. The Morgan fingerprint density at radius 3 is 2.94 bits per heavy atom. The Balaban J connectivity index is 2.34. The highest BCUT2D eigenvalue weighted by Crippen LogP contribution is 2.15. The molecule has 0 fully saturated rings. The number of ether oxygens (including phenoxy) is 1. The van der Waals surface area contributed by atoms with Gasteiger partial charge in [0.15, 0.2) is 4.77 Å². The third kappa shape index (κ3) is 2.65. The Labute approximate surface area is 105 Å². The Kier molecular flexibility index (Phi) is 3.77. The summed E-state index contributed by atoms with van der Waals surface area (Å²) < 4.78 is 8.03. The molecular weight excluding hydrogens is 232 g/mol. The first kappa shape index (κ1) is 11.7. The average molecular weight is 246 g/mol. The summed E-state index contributed by atoms with van der Waals surface area (Å²) in [5.41, 5.74) is 2.14. The minimum atomic E-state index is 0.535. The molecule has 4 heteroatoms. The van der Waals surface area contributed by atoms with Gasteiger partial charge < -0.3 is 9.72 Å². The summed E-state index contributed by atoms with van der Waals surface area (Å²) >= 11 is 5.21. The van der Waals surface area contributed by atoms with Crippen LogP contribution in [-0.4, -0.2) is 9.55 Å². The molecule has 0 aliphatic carbocycles. The van der Waals surface area contributed by atoms with Gasteiger partial charge in [0.1, 0.15) is 6.61 Å². The molecule has 3 nitrogen and oxygen atoms in total. The van der Waals surface area contributed by atoms with E-state index < -0.39 is 0 Å². The van der Waals surface area contributed by atoms with Crippen LogP contribution in [0.1, 0.15) is 12.5 Å². The number of para-hydroxylation sites is 1. The molecule has 0 bridgehead atoms. The molecule has 0 saturated heterocycles. The summed E-state index contributed by atoms with van der Waals surface area (Å²) in [5.74, 6) is 0. The number of rotatable bonds is 4. The molecule has 0 atom stereocenters. The number of imidazole rings is 1. The second-order valence-corrected chi connectivity index (χ2v) is 3.93. The summed E-state index contributed by atoms with van der Waals surface area (Å²) in [6, 6.07) is 8.04. The number of allylic oxidation sites excluding steroid dienone is 1. The lowest BCUT2D eigenvalue weighted by atomic mass is 10.2. The van der Waals surface area contributed by atoms with Crippen molar-refractivity contribution in [2.45, 2.75) is 13.5 Å². The standard InChI is InChI=1S/C13H14N2OS/c1-2-9-16-10-11-5-3-4-6-12(11)15-8-7-14-13(15)17/h2-9H,10H2,1H3,(H,14,17)/b9-2+. The van der Waals surface area contributed by atoms with E-state index in [1.165, 1.54) is 0 Å². The van der Waals surface area contributed by atoms with Crippen LogP contribution in [0.4, 0.5) is 0 Å². The van der Waals surface area contributed by atoms with Gasteiger partial charge in [-0.3, -0.25) is 4.57 Å². The first-order chi connectivity index (χ1) is 8.33. The van der Waals surface area contributed by atoms with E-state index in [1.807, 2.05) is 54.2 Å². The fraction of sp³-hybridized carbons (Fsp3) is 0.154. The van der Waals surface area contributed by atoms with E-state index in [-0.39, 0.29) is 0 Å². The molecule has 0 radical (unpaired) electrons. The fourth-order valence-corrected chi connectivity index (χ4v) is 1.84. The zero-order valence-electron chi connectivity index (χ0n) is 9.59. The van der Waals surface area contributed by atoms with Crippen LogP contribution >= 0.6 is 12.2 Å². The number of aromatic nitrogens is 2. The molecule has 1 heterocycles. The predicted molar refractivity (Wildman–Crippen MR) is 70.6 cm³/mol. The van der Waals surface area contributed by atoms with Crippen LogP contribution in [-0.2, 0) is 11.3 Å². The van der Waals surface area contributed by atoms with Crippen molar-refractivity contribution in [3.05, 3.63) is 59.3 Å². The molecule has 0 saturated carbocycles. The molecule has 0 spiro atoms. The average Bonchev–Trinajstić information content (AvgIpc) is 2.76. The monoisotopic (exact) mass is 246 g/mol.